The summed E-state index contributed by atoms with van der Waals surface area (Å²) in [5.74, 6) is -0.516. The molecular formula is C15H19NO7S. The molecule has 9 heteroatoms. The number of aliphatic carboxylic acids is 1. The molecule has 0 aliphatic carbocycles. The van der Waals surface area contributed by atoms with Crippen LogP contribution in [0.4, 0.5) is 0 Å². The SMILES string of the molecule is COc1ccc(S(=O)(=O)N[C@H]2C=C[C@H](CC(=O)O)O[C@@H]2CO)cc1. The minimum atomic E-state index is -3.83. The number of aliphatic hydroxyl groups excluding tert-OH is 1. The molecule has 0 saturated carbocycles. The van der Waals surface area contributed by atoms with Crippen LogP contribution in [0.15, 0.2) is 41.3 Å². The Bertz CT molecular complexity index is 699. The number of hydrogen-bond acceptors (Lipinski definition) is 6. The van der Waals surface area contributed by atoms with Crippen LogP contribution in [0.3, 0.4) is 0 Å². The summed E-state index contributed by atoms with van der Waals surface area (Å²) in [6.45, 7) is -0.448. The summed E-state index contributed by atoms with van der Waals surface area (Å²) in [5.41, 5.74) is 0. The van der Waals surface area contributed by atoms with Gasteiger partial charge in [0.1, 0.15) is 11.9 Å². The van der Waals surface area contributed by atoms with Crippen molar-refractivity contribution in [2.75, 3.05) is 13.7 Å². The molecule has 1 aliphatic heterocycles. The van der Waals surface area contributed by atoms with Gasteiger partial charge in [-0.05, 0) is 24.3 Å². The van der Waals surface area contributed by atoms with E-state index in [9.17, 15) is 18.3 Å². The van der Waals surface area contributed by atoms with Crippen molar-refractivity contribution in [2.45, 2.75) is 29.6 Å². The number of carboxylic acid groups (broad SMARTS) is 1. The van der Waals surface area contributed by atoms with E-state index in [-0.39, 0.29) is 11.3 Å². The minimum absolute atomic E-state index is 0.0426. The first kappa shape index (κ1) is 18.4. The lowest BCUT2D eigenvalue weighted by Gasteiger charge is -2.31. The Hall–Kier alpha value is -1.94. The van der Waals surface area contributed by atoms with Gasteiger partial charge in [0.2, 0.25) is 10.0 Å². The molecule has 0 saturated heterocycles. The lowest BCUT2D eigenvalue weighted by atomic mass is 10.1. The zero-order valence-electron chi connectivity index (χ0n) is 13.0. The maximum atomic E-state index is 12.4. The normalized spacial score (nSPS) is 23.8. The van der Waals surface area contributed by atoms with Crippen molar-refractivity contribution >= 4 is 16.0 Å². The number of nitrogens with one attached hydrogen (secondary N) is 1. The van der Waals surface area contributed by atoms with Crippen molar-refractivity contribution in [2.24, 2.45) is 0 Å². The first-order valence-corrected chi connectivity index (χ1v) is 8.67. The molecule has 3 N–H and O–H groups in total. The van der Waals surface area contributed by atoms with Crippen LogP contribution in [0.5, 0.6) is 5.75 Å². The molecule has 0 aromatic heterocycles. The van der Waals surface area contributed by atoms with E-state index in [0.717, 1.165) is 0 Å². The van der Waals surface area contributed by atoms with Crippen molar-refractivity contribution in [3.05, 3.63) is 36.4 Å². The smallest absolute Gasteiger partial charge is 0.306 e. The number of aliphatic hydroxyl groups is 1. The van der Waals surface area contributed by atoms with Crippen molar-refractivity contribution in [1.82, 2.24) is 4.72 Å². The monoisotopic (exact) mass is 357 g/mol. The second kappa shape index (κ2) is 7.75. The highest BCUT2D eigenvalue weighted by Crippen LogP contribution is 2.19. The van der Waals surface area contributed by atoms with Gasteiger partial charge in [-0.15, -0.1) is 0 Å². The van der Waals surface area contributed by atoms with Gasteiger partial charge in [0.05, 0.1) is 37.2 Å². The van der Waals surface area contributed by atoms with Crippen LogP contribution < -0.4 is 9.46 Å². The third kappa shape index (κ3) is 4.54. The molecule has 0 amide bonds. The molecule has 132 valence electrons. The lowest BCUT2D eigenvalue weighted by Crippen LogP contribution is -2.48. The maximum absolute atomic E-state index is 12.4. The van der Waals surface area contributed by atoms with Crippen LogP contribution in [-0.4, -0.2) is 56.6 Å². The summed E-state index contributed by atoms with van der Waals surface area (Å²) < 4.78 is 37.6. The maximum Gasteiger partial charge on any atom is 0.306 e. The number of carbonyl (C=O) groups is 1. The highest BCUT2D eigenvalue weighted by molar-refractivity contribution is 7.89. The van der Waals surface area contributed by atoms with Crippen LogP contribution in [-0.2, 0) is 19.6 Å². The lowest BCUT2D eigenvalue weighted by molar-refractivity contribution is -0.141. The predicted molar refractivity (Wildman–Crippen MR) is 84.2 cm³/mol. The van der Waals surface area contributed by atoms with E-state index in [4.69, 9.17) is 14.6 Å². The molecule has 0 spiro atoms. The first-order valence-electron chi connectivity index (χ1n) is 7.18. The molecule has 0 unspecified atom stereocenters. The van der Waals surface area contributed by atoms with Gasteiger partial charge < -0.3 is 19.7 Å². The summed E-state index contributed by atoms with van der Waals surface area (Å²) in [6, 6.07) is 5.04. The van der Waals surface area contributed by atoms with E-state index in [1.54, 1.807) is 0 Å². The Balaban J connectivity index is 2.13. The van der Waals surface area contributed by atoms with Gasteiger partial charge in [0.15, 0.2) is 0 Å². The van der Waals surface area contributed by atoms with Crippen molar-refractivity contribution < 1.29 is 32.9 Å². The number of carboxylic acids is 1. The van der Waals surface area contributed by atoms with E-state index in [1.165, 1.54) is 43.5 Å². The fraction of sp³-hybridized carbons (Fsp3) is 0.400. The summed E-state index contributed by atoms with van der Waals surface area (Å²) in [4.78, 5) is 10.8. The molecule has 1 aromatic carbocycles. The topological polar surface area (TPSA) is 122 Å². The zero-order valence-corrected chi connectivity index (χ0v) is 13.8. The summed E-state index contributed by atoms with van der Waals surface area (Å²) >= 11 is 0. The Morgan fingerprint density at radius 1 is 1.29 bits per heavy atom. The third-order valence-corrected chi connectivity index (χ3v) is 4.98. The number of sulfonamides is 1. The molecule has 1 aliphatic rings. The van der Waals surface area contributed by atoms with Gasteiger partial charge in [-0.25, -0.2) is 13.1 Å². The predicted octanol–water partition coefficient (Wildman–Crippen LogP) is 0.133. The van der Waals surface area contributed by atoms with Crippen LogP contribution >= 0.6 is 0 Å². The summed E-state index contributed by atoms with van der Waals surface area (Å²) in [7, 11) is -2.36. The standard InChI is InChI=1S/C15H19NO7S/c1-22-10-2-5-12(6-3-10)24(20,21)16-13-7-4-11(8-15(18)19)23-14(13)9-17/h2-7,11,13-14,16-17H,8-9H2,1H3,(H,18,19)/t11-,13+,14-/m1/s1. The van der Waals surface area contributed by atoms with E-state index in [0.29, 0.717) is 5.75 Å². The van der Waals surface area contributed by atoms with Gasteiger partial charge in [-0.2, -0.15) is 0 Å². The quantitative estimate of drug-likeness (QED) is 0.593. The highest BCUT2D eigenvalue weighted by atomic mass is 32.2. The molecule has 2 rings (SSSR count). The fourth-order valence-electron chi connectivity index (χ4n) is 2.28. The van der Waals surface area contributed by atoms with Gasteiger partial charge >= 0.3 is 5.97 Å². The Kier molecular flexibility index (Phi) is 5.94. The van der Waals surface area contributed by atoms with Crippen LogP contribution in [0.1, 0.15) is 6.42 Å². The van der Waals surface area contributed by atoms with E-state index < -0.39 is 40.8 Å². The van der Waals surface area contributed by atoms with E-state index in [2.05, 4.69) is 4.72 Å². The Morgan fingerprint density at radius 3 is 2.50 bits per heavy atom. The molecule has 0 bridgehead atoms. The number of rotatable bonds is 7. The Labute approximate surface area is 139 Å². The van der Waals surface area contributed by atoms with E-state index >= 15 is 0 Å². The molecule has 8 nitrogen and oxygen atoms in total. The zero-order chi connectivity index (χ0) is 17.7. The Morgan fingerprint density at radius 2 is 1.96 bits per heavy atom. The average molecular weight is 357 g/mol. The summed E-state index contributed by atoms with van der Waals surface area (Å²) in [5, 5.41) is 18.2. The number of hydrogen-bond donors (Lipinski definition) is 3. The molecule has 0 fully saturated rings. The first-order chi connectivity index (χ1) is 11.4. The second-order valence-corrected chi connectivity index (χ2v) is 6.91. The number of ether oxygens (including phenoxy) is 2. The van der Waals surface area contributed by atoms with Gasteiger partial charge in [0.25, 0.3) is 0 Å². The second-order valence-electron chi connectivity index (χ2n) is 5.20. The molecular weight excluding hydrogens is 338 g/mol. The number of benzene rings is 1. The largest absolute Gasteiger partial charge is 0.497 e. The van der Waals surface area contributed by atoms with Gasteiger partial charge in [-0.3, -0.25) is 4.79 Å². The minimum Gasteiger partial charge on any atom is -0.497 e. The van der Waals surface area contributed by atoms with Crippen LogP contribution in [0.2, 0.25) is 0 Å². The molecule has 1 heterocycles. The third-order valence-electron chi connectivity index (χ3n) is 3.50. The van der Waals surface area contributed by atoms with Crippen LogP contribution in [0.25, 0.3) is 0 Å². The van der Waals surface area contributed by atoms with Crippen molar-refractivity contribution in [1.29, 1.82) is 0 Å². The number of methoxy groups -OCH3 is 1. The molecule has 24 heavy (non-hydrogen) atoms. The van der Waals surface area contributed by atoms with Crippen molar-refractivity contribution in [3.63, 3.8) is 0 Å². The van der Waals surface area contributed by atoms with Gasteiger partial charge in [-0.1, -0.05) is 12.2 Å². The molecule has 3 atom stereocenters. The summed E-state index contributed by atoms with van der Waals surface area (Å²) in [6.07, 6.45) is 1.14. The van der Waals surface area contributed by atoms with Crippen molar-refractivity contribution in [3.8, 4) is 5.75 Å². The van der Waals surface area contributed by atoms with Gasteiger partial charge in [0, 0.05) is 0 Å². The fourth-order valence-corrected chi connectivity index (χ4v) is 3.50. The molecule has 0 radical (unpaired) electrons. The average Bonchev–Trinajstić information content (AvgIpc) is 2.55. The van der Waals surface area contributed by atoms with E-state index in [1.807, 2.05) is 0 Å². The highest BCUT2D eigenvalue weighted by Gasteiger charge is 2.31. The van der Waals surface area contributed by atoms with Crippen LogP contribution in [0, 0.1) is 0 Å². The molecule has 1 aromatic rings.